The first-order valence-corrected chi connectivity index (χ1v) is 8.17. The molecule has 0 amide bonds. The highest BCUT2D eigenvalue weighted by Gasteiger charge is 2.23. The molecule has 4 nitrogen and oxygen atoms in total. The first-order valence-electron chi connectivity index (χ1n) is 8.17. The van der Waals surface area contributed by atoms with Gasteiger partial charge >= 0.3 is 0 Å². The van der Waals surface area contributed by atoms with Crippen LogP contribution in [-0.4, -0.2) is 55.7 Å². The van der Waals surface area contributed by atoms with Crippen LogP contribution in [-0.2, 0) is 0 Å². The Kier molecular flexibility index (Phi) is 6.49. The molecule has 21 heavy (non-hydrogen) atoms. The largest absolute Gasteiger partial charge is 0.494 e. The van der Waals surface area contributed by atoms with Gasteiger partial charge in [0.1, 0.15) is 5.75 Å². The van der Waals surface area contributed by atoms with E-state index in [0.29, 0.717) is 12.6 Å². The van der Waals surface area contributed by atoms with E-state index in [1.54, 1.807) is 0 Å². The number of likely N-dealkylation sites (N-methyl/N-ethyl adjacent to an activating group) is 1. The summed E-state index contributed by atoms with van der Waals surface area (Å²) in [6.07, 6.45) is 1.03. The topological polar surface area (TPSA) is 41.7 Å². The molecule has 0 saturated carbocycles. The van der Waals surface area contributed by atoms with Gasteiger partial charge in [0.2, 0.25) is 0 Å². The van der Waals surface area contributed by atoms with Crippen molar-refractivity contribution in [3.63, 3.8) is 0 Å². The first-order chi connectivity index (χ1) is 10.3. The van der Waals surface area contributed by atoms with Crippen LogP contribution in [0.25, 0.3) is 0 Å². The van der Waals surface area contributed by atoms with Gasteiger partial charge in [-0.05, 0) is 30.7 Å². The van der Waals surface area contributed by atoms with E-state index in [9.17, 15) is 0 Å². The van der Waals surface area contributed by atoms with Crippen LogP contribution >= 0.6 is 0 Å². The number of ether oxygens (including phenoxy) is 1. The summed E-state index contributed by atoms with van der Waals surface area (Å²) in [7, 11) is 0. The minimum atomic E-state index is 0.300. The van der Waals surface area contributed by atoms with Crippen LogP contribution in [0.1, 0.15) is 31.9 Å². The van der Waals surface area contributed by atoms with E-state index in [4.69, 9.17) is 10.5 Å². The van der Waals surface area contributed by atoms with E-state index in [1.807, 2.05) is 6.07 Å². The van der Waals surface area contributed by atoms with Gasteiger partial charge in [-0.25, -0.2) is 0 Å². The second-order valence-electron chi connectivity index (χ2n) is 5.64. The molecular formula is C17H29N3O. The van der Waals surface area contributed by atoms with Crippen LogP contribution in [0.2, 0.25) is 0 Å². The highest BCUT2D eigenvalue weighted by Crippen LogP contribution is 2.24. The maximum absolute atomic E-state index is 6.06. The molecule has 0 aliphatic carbocycles. The van der Waals surface area contributed by atoms with Gasteiger partial charge in [-0.15, -0.1) is 0 Å². The second kappa shape index (κ2) is 8.37. The van der Waals surface area contributed by atoms with E-state index in [-0.39, 0.29) is 0 Å². The number of piperazine rings is 1. The normalized spacial score (nSPS) is 18.6. The van der Waals surface area contributed by atoms with Gasteiger partial charge in [-0.2, -0.15) is 0 Å². The van der Waals surface area contributed by atoms with Gasteiger partial charge in [0.05, 0.1) is 6.61 Å². The fraction of sp³-hybridized carbons (Fsp3) is 0.647. The lowest BCUT2D eigenvalue weighted by Gasteiger charge is -2.38. The predicted molar refractivity (Wildman–Crippen MR) is 87.7 cm³/mol. The van der Waals surface area contributed by atoms with Gasteiger partial charge in [0.25, 0.3) is 0 Å². The third-order valence-corrected chi connectivity index (χ3v) is 4.23. The number of benzene rings is 1. The molecule has 1 fully saturated rings. The molecule has 1 atom stereocenters. The molecule has 1 heterocycles. The Morgan fingerprint density at radius 2 is 1.95 bits per heavy atom. The maximum Gasteiger partial charge on any atom is 0.119 e. The van der Waals surface area contributed by atoms with Crippen LogP contribution in [0.4, 0.5) is 0 Å². The quantitative estimate of drug-likeness (QED) is 0.835. The fourth-order valence-corrected chi connectivity index (χ4v) is 2.92. The molecular weight excluding hydrogens is 262 g/mol. The molecule has 0 bridgehead atoms. The summed E-state index contributed by atoms with van der Waals surface area (Å²) in [4.78, 5) is 5.00. The minimum Gasteiger partial charge on any atom is -0.494 e. The van der Waals surface area contributed by atoms with Crippen molar-refractivity contribution in [2.24, 2.45) is 5.73 Å². The molecule has 2 N–H and O–H groups in total. The third kappa shape index (κ3) is 4.43. The number of nitrogens with two attached hydrogens (primary N) is 1. The zero-order valence-corrected chi connectivity index (χ0v) is 13.4. The summed E-state index contributed by atoms with van der Waals surface area (Å²) < 4.78 is 5.74. The Morgan fingerprint density at radius 1 is 1.19 bits per heavy atom. The molecule has 118 valence electrons. The molecule has 1 saturated heterocycles. The highest BCUT2D eigenvalue weighted by atomic mass is 16.5. The van der Waals surface area contributed by atoms with E-state index < -0.39 is 0 Å². The second-order valence-corrected chi connectivity index (χ2v) is 5.64. The van der Waals surface area contributed by atoms with Gasteiger partial charge < -0.3 is 15.4 Å². The van der Waals surface area contributed by atoms with Crippen molar-refractivity contribution in [3.05, 3.63) is 29.8 Å². The Labute approximate surface area is 128 Å². The fourth-order valence-electron chi connectivity index (χ4n) is 2.92. The van der Waals surface area contributed by atoms with Crippen molar-refractivity contribution in [1.82, 2.24) is 9.80 Å². The number of rotatable bonds is 7. The lowest BCUT2D eigenvalue weighted by Crippen LogP contribution is -2.48. The Morgan fingerprint density at radius 3 is 2.57 bits per heavy atom. The highest BCUT2D eigenvalue weighted by molar-refractivity contribution is 5.31. The average molecular weight is 291 g/mol. The molecule has 0 radical (unpaired) electrons. The number of nitrogens with zero attached hydrogens (tertiary/aromatic N) is 2. The average Bonchev–Trinajstić information content (AvgIpc) is 2.55. The summed E-state index contributed by atoms with van der Waals surface area (Å²) in [5, 5.41) is 0. The molecule has 2 rings (SSSR count). The van der Waals surface area contributed by atoms with E-state index in [0.717, 1.165) is 51.5 Å². The Balaban J connectivity index is 2.03. The van der Waals surface area contributed by atoms with Crippen molar-refractivity contribution in [1.29, 1.82) is 0 Å². The van der Waals surface area contributed by atoms with Crippen LogP contribution < -0.4 is 10.5 Å². The molecule has 1 aliphatic heterocycles. The van der Waals surface area contributed by atoms with Crippen molar-refractivity contribution >= 4 is 0 Å². The molecule has 0 aromatic heterocycles. The Bertz CT molecular complexity index is 416. The van der Waals surface area contributed by atoms with Crippen molar-refractivity contribution in [3.8, 4) is 5.75 Å². The first kappa shape index (κ1) is 16.3. The summed E-state index contributed by atoms with van der Waals surface area (Å²) in [6.45, 7) is 11.4. The summed E-state index contributed by atoms with van der Waals surface area (Å²) in [5.41, 5.74) is 7.33. The molecule has 4 heteroatoms. The van der Waals surface area contributed by atoms with E-state index in [2.05, 4.69) is 41.8 Å². The van der Waals surface area contributed by atoms with Crippen LogP contribution in [0.5, 0.6) is 5.75 Å². The van der Waals surface area contributed by atoms with Gasteiger partial charge in [-0.1, -0.05) is 26.0 Å². The molecule has 1 aromatic rings. The standard InChI is InChI=1S/C17H29N3O/c1-3-12-21-16-7-5-6-15(13-16)17(14-18)20-10-8-19(4-2)9-11-20/h5-7,13,17H,3-4,8-12,14,18H2,1-2H3. The number of hydrogen-bond donors (Lipinski definition) is 1. The van der Waals surface area contributed by atoms with E-state index in [1.165, 1.54) is 5.56 Å². The SMILES string of the molecule is CCCOc1cccc(C(CN)N2CCN(CC)CC2)c1. The Hall–Kier alpha value is -1.10. The number of hydrogen-bond acceptors (Lipinski definition) is 4. The smallest absolute Gasteiger partial charge is 0.119 e. The molecule has 1 aromatic carbocycles. The van der Waals surface area contributed by atoms with Crippen molar-refractivity contribution < 1.29 is 4.74 Å². The molecule has 0 spiro atoms. The maximum atomic E-state index is 6.06. The lowest BCUT2D eigenvalue weighted by atomic mass is 10.0. The van der Waals surface area contributed by atoms with Gasteiger partial charge in [-0.3, -0.25) is 4.90 Å². The third-order valence-electron chi connectivity index (χ3n) is 4.23. The monoisotopic (exact) mass is 291 g/mol. The lowest BCUT2D eigenvalue weighted by molar-refractivity contribution is 0.102. The molecule has 1 aliphatic rings. The van der Waals surface area contributed by atoms with Crippen LogP contribution in [0.3, 0.4) is 0 Å². The zero-order chi connectivity index (χ0) is 15.1. The van der Waals surface area contributed by atoms with Crippen molar-refractivity contribution in [2.75, 3.05) is 45.9 Å². The summed E-state index contributed by atoms with van der Waals surface area (Å²) in [5.74, 6) is 0.958. The summed E-state index contributed by atoms with van der Waals surface area (Å²) in [6, 6.07) is 8.73. The van der Waals surface area contributed by atoms with Crippen LogP contribution in [0.15, 0.2) is 24.3 Å². The van der Waals surface area contributed by atoms with Gasteiger partial charge in [0.15, 0.2) is 0 Å². The van der Waals surface area contributed by atoms with E-state index >= 15 is 0 Å². The zero-order valence-electron chi connectivity index (χ0n) is 13.4. The predicted octanol–water partition coefficient (Wildman–Crippen LogP) is 2.11. The van der Waals surface area contributed by atoms with Crippen LogP contribution in [0, 0.1) is 0 Å². The minimum absolute atomic E-state index is 0.300. The molecule has 1 unspecified atom stereocenters. The van der Waals surface area contributed by atoms with Crippen molar-refractivity contribution in [2.45, 2.75) is 26.3 Å². The van der Waals surface area contributed by atoms with Gasteiger partial charge in [0, 0.05) is 38.8 Å². The summed E-state index contributed by atoms with van der Waals surface area (Å²) >= 11 is 0.